The van der Waals surface area contributed by atoms with Crippen LogP contribution < -0.4 is 0 Å². The van der Waals surface area contributed by atoms with Crippen molar-refractivity contribution in [1.29, 1.82) is 0 Å². The van der Waals surface area contributed by atoms with Gasteiger partial charge in [0.15, 0.2) is 0 Å². The minimum absolute atomic E-state index is 0.266. The molecule has 0 bridgehead atoms. The number of ether oxygens (including phenoxy) is 1. The predicted octanol–water partition coefficient (Wildman–Crippen LogP) is 2.76. The van der Waals surface area contributed by atoms with Gasteiger partial charge in [-0.05, 0) is 43.9 Å². The Morgan fingerprint density at radius 2 is 1.94 bits per heavy atom. The number of aliphatic hydroxyl groups is 1. The maximum absolute atomic E-state index is 11.7. The first-order valence-corrected chi connectivity index (χ1v) is 6.74. The van der Waals surface area contributed by atoms with Crippen LogP contribution in [0.15, 0.2) is 0 Å². The molecule has 0 aromatic rings. The van der Waals surface area contributed by atoms with Gasteiger partial charge in [0.2, 0.25) is 0 Å². The van der Waals surface area contributed by atoms with E-state index in [0.717, 1.165) is 25.7 Å². The molecular weight excluding hydrogens is 216 g/mol. The molecule has 0 aromatic heterocycles. The standard InChI is InChI=1S/C14H26O3/c1-5-12(13(15)17-4)14(16)8-6-11(7-9-14)10(2)3/h10-12,16H,5-9H2,1-4H3. The average molecular weight is 242 g/mol. The van der Waals surface area contributed by atoms with E-state index >= 15 is 0 Å². The van der Waals surface area contributed by atoms with Crippen LogP contribution in [0.2, 0.25) is 0 Å². The fourth-order valence-electron chi connectivity index (χ4n) is 3.06. The number of esters is 1. The summed E-state index contributed by atoms with van der Waals surface area (Å²) in [5, 5.41) is 10.6. The molecule has 0 heterocycles. The van der Waals surface area contributed by atoms with Crippen LogP contribution in [-0.4, -0.2) is 23.8 Å². The zero-order valence-corrected chi connectivity index (χ0v) is 11.5. The van der Waals surface area contributed by atoms with Crippen molar-refractivity contribution in [1.82, 2.24) is 0 Å². The molecule has 1 N–H and O–H groups in total. The number of hydrogen-bond donors (Lipinski definition) is 1. The summed E-state index contributed by atoms with van der Waals surface area (Å²) in [4.78, 5) is 11.7. The van der Waals surface area contributed by atoms with E-state index in [1.165, 1.54) is 7.11 Å². The van der Waals surface area contributed by atoms with Crippen LogP contribution in [0.4, 0.5) is 0 Å². The monoisotopic (exact) mass is 242 g/mol. The van der Waals surface area contributed by atoms with E-state index in [9.17, 15) is 9.90 Å². The minimum atomic E-state index is -0.840. The number of methoxy groups -OCH3 is 1. The summed E-state index contributed by atoms with van der Waals surface area (Å²) < 4.78 is 4.80. The molecule has 1 unspecified atom stereocenters. The lowest BCUT2D eigenvalue weighted by atomic mass is 9.69. The molecule has 0 spiro atoms. The van der Waals surface area contributed by atoms with Crippen molar-refractivity contribution in [2.24, 2.45) is 17.8 Å². The van der Waals surface area contributed by atoms with Crippen LogP contribution in [0.5, 0.6) is 0 Å². The maximum Gasteiger partial charge on any atom is 0.311 e. The van der Waals surface area contributed by atoms with Crippen LogP contribution in [0.25, 0.3) is 0 Å². The van der Waals surface area contributed by atoms with E-state index in [0.29, 0.717) is 18.3 Å². The zero-order chi connectivity index (χ0) is 13.1. The van der Waals surface area contributed by atoms with Gasteiger partial charge in [0.25, 0.3) is 0 Å². The van der Waals surface area contributed by atoms with Gasteiger partial charge < -0.3 is 9.84 Å². The van der Waals surface area contributed by atoms with Gasteiger partial charge in [-0.15, -0.1) is 0 Å². The topological polar surface area (TPSA) is 46.5 Å². The van der Waals surface area contributed by atoms with E-state index in [4.69, 9.17) is 4.74 Å². The summed E-state index contributed by atoms with van der Waals surface area (Å²) in [5.41, 5.74) is -0.840. The lowest BCUT2D eigenvalue weighted by molar-refractivity contribution is -0.160. The third kappa shape index (κ3) is 3.21. The van der Waals surface area contributed by atoms with Crippen LogP contribution >= 0.6 is 0 Å². The fraction of sp³-hybridized carbons (Fsp3) is 0.929. The molecule has 0 aliphatic heterocycles. The highest BCUT2D eigenvalue weighted by molar-refractivity contribution is 5.73. The molecule has 0 saturated heterocycles. The Kier molecular flexibility index (Phi) is 4.99. The van der Waals surface area contributed by atoms with Gasteiger partial charge in [0.1, 0.15) is 0 Å². The van der Waals surface area contributed by atoms with E-state index in [2.05, 4.69) is 13.8 Å². The van der Waals surface area contributed by atoms with Crippen LogP contribution in [0.1, 0.15) is 52.9 Å². The molecule has 17 heavy (non-hydrogen) atoms. The number of carbonyl (C=O) groups is 1. The van der Waals surface area contributed by atoms with Crippen molar-refractivity contribution in [2.45, 2.75) is 58.5 Å². The summed E-state index contributed by atoms with van der Waals surface area (Å²) in [7, 11) is 1.40. The van der Waals surface area contributed by atoms with E-state index < -0.39 is 5.60 Å². The summed E-state index contributed by atoms with van der Waals surface area (Å²) in [6, 6.07) is 0. The third-order valence-corrected chi connectivity index (χ3v) is 4.38. The normalized spacial score (nSPS) is 31.3. The van der Waals surface area contributed by atoms with Gasteiger partial charge in [-0.1, -0.05) is 20.8 Å². The first-order chi connectivity index (χ1) is 7.94. The lowest BCUT2D eigenvalue weighted by Gasteiger charge is -2.41. The molecule has 100 valence electrons. The van der Waals surface area contributed by atoms with Crippen molar-refractivity contribution in [3.8, 4) is 0 Å². The second-order valence-corrected chi connectivity index (χ2v) is 5.67. The summed E-state index contributed by atoms with van der Waals surface area (Å²) in [5.74, 6) is 0.724. The predicted molar refractivity (Wildman–Crippen MR) is 67.5 cm³/mol. The van der Waals surface area contributed by atoms with Crippen LogP contribution in [-0.2, 0) is 9.53 Å². The molecule has 1 atom stereocenters. The highest BCUT2D eigenvalue weighted by Gasteiger charge is 2.43. The number of carbonyl (C=O) groups excluding carboxylic acids is 1. The molecule has 3 nitrogen and oxygen atoms in total. The largest absolute Gasteiger partial charge is 0.469 e. The molecule has 0 amide bonds. The summed E-state index contributed by atoms with van der Waals surface area (Å²) in [6.07, 6.45) is 4.13. The van der Waals surface area contributed by atoms with Crippen molar-refractivity contribution in [3.05, 3.63) is 0 Å². The average Bonchev–Trinajstić information content (AvgIpc) is 2.29. The summed E-state index contributed by atoms with van der Waals surface area (Å²) >= 11 is 0. The molecular formula is C14H26O3. The minimum Gasteiger partial charge on any atom is -0.469 e. The third-order valence-electron chi connectivity index (χ3n) is 4.38. The van der Waals surface area contributed by atoms with Gasteiger partial charge >= 0.3 is 5.97 Å². The van der Waals surface area contributed by atoms with Crippen LogP contribution in [0, 0.1) is 17.8 Å². The SMILES string of the molecule is CCC(C(=O)OC)C1(O)CCC(C(C)C)CC1. The molecule has 1 aliphatic carbocycles. The van der Waals surface area contributed by atoms with Gasteiger partial charge in [-0.3, -0.25) is 4.79 Å². The quantitative estimate of drug-likeness (QED) is 0.771. The second-order valence-electron chi connectivity index (χ2n) is 5.67. The van der Waals surface area contributed by atoms with Crippen molar-refractivity contribution >= 4 is 5.97 Å². The Morgan fingerprint density at radius 3 is 2.29 bits per heavy atom. The number of hydrogen-bond acceptors (Lipinski definition) is 3. The molecule has 0 radical (unpaired) electrons. The number of rotatable bonds is 4. The van der Waals surface area contributed by atoms with Gasteiger partial charge in [0.05, 0.1) is 18.6 Å². The Morgan fingerprint density at radius 1 is 1.41 bits per heavy atom. The Bertz CT molecular complexity index is 252. The molecule has 1 fully saturated rings. The van der Waals surface area contributed by atoms with Gasteiger partial charge in [-0.2, -0.15) is 0 Å². The highest BCUT2D eigenvalue weighted by Crippen LogP contribution is 2.41. The van der Waals surface area contributed by atoms with Crippen molar-refractivity contribution < 1.29 is 14.6 Å². The second kappa shape index (κ2) is 5.85. The molecule has 3 heteroatoms. The van der Waals surface area contributed by atoms with Crippen LogP contribution in [0.3, 0.4) is 0 Å². The summed E-state index contributed by atoms with van der Waals surface area (Å²) in [6.45, 7) is 6.40. The first-order valence-electron chi connectivity index (χ1n) is 6.74. The van der Waals surface area contributed by atoms with Gasteiger partial charge in [0, 0.05) is 0 Å². The molecule has 1 saturated carbocycles. The molecule has 1 rings (SSSR count). The Labute approximate surface area is 105 Å². The highest BCUT2D eigenvalue weighted by atomic mass is 16.5. The fourth-order valence-corrected chi connectivity index (χ4v) is 3.06. The van der Waals surface area contributed by atoms with Crippen molar-refractivity contribution in [3.63, 3.8) is 0 Å². The zero-order valence-electron chi connectivity index (χ0n) is 11.5. The Hall–Kier alpha value is -0.570. The van der Waals surface area contributed by atoms with E-state index in [1.54, 1.807) is 0 Å². The van der Waals surface area contributed by atoms with E-state index in [-0.39, 0.29) is 11.9 Å². The first kappa shape index (κ1) is 14.5. The van der Waals surface area contributed by atoms with Gasteiger partial charge in [-0.25, -0.2) is 0 Å². The molecule has 1 aliphatic rings. The smallest absolute Gasteiger partial charge is 0.311 e. The lowest BCUT2D eigenvalue weighted by Crippen LogP contribution is -2.45. The Balaban J connectivity index is 2.67. The van der Waals surface area contributed by atoms with E-state index in [1.807, 2.05) is 6.92 Å². The maximum atomic E-state index is 11.7. The van der Waals surface area contributed by atoms with Crippen molar-refractivity contribution in [2.75, 3.05) is 7.11 Å². The molecule has 0 aromatic carbocycles.